The lowest BCUT2D eigenvalue weighted by Crippen LogP contribution is -2.49. The van der Waals surface area contributed by atoms with Gasteiger partial charge in [0.05, 0.1) is 10.7 Å². The highest BCUT2D eigenvalue weighted by Crippen LogP contribution is 2.56. The van der Waals surface area contributed by atoms with E-state index in [9.17, 15) is 26.3 Å². The van der Waals surface area contributed by atoms with Gasteiger partial charge in [-0.15, -0.1) is 0 Å². The van der Waals surface area contributed by atoms with E-state index in [1.165, 1.54) is 23.0 Å². The average molecular weight is 449 g/mol. The Hall–Kier alpha value is -0.150. The van der Waals surface area contributed by atoms with Gasteiger partial charge in [0.25, 0.3) is 0 Å². The highest BCUT2D eigenvalue weighted by Gasteiger charge is 2.71. The molecule has 0 heterocycles. The second-order valence-corrected chi connectivity index (χ2v) is 5.98. The van der Waals surface area contributed by atoms with E-state index < -0.39 is 22.2 Å². The second kappa shape index (κ2) is 5.57. The topological polar surface area (TPSA) is 12.0 Å². The highest BCUT2D eigenvalue weighted by atomic mass is 79.9. The zero-order valence-corrected chi connectivity index (χ0v) is 13.5. The van der Waals surface area contributed by atoms with Gasteiger partial charge in [0.15, 0.2) is 0 Å². The molecule has 0 aliphatic heterocycles. The largest absolute Gasteiger partial charge is 0.433 e. The van der Waals surface area contributed by atoms with Crippen LogP contribution in [0.1, 0.15) is 5.56 Å². The van der Waals surface area contributed by atoms with Crippen molar-refractivity contribution in [3.8, 4) is 0 Å². The van der Waals surface area contributed by atoms with Gasteiger partial charge in [0, 0.05) is 17.1 Å². The lowest BCUT2D eigenvalue weighted by atomic mass is 9.95. The van der Waals surface area contributed by atoms with Crippen molar-refractivity contribution in [2.75, 3.05) is 12.4 Å². The summed E-state index contributed by atoms with van der Waals surface area (Å²) in [5.74, 6) is 0. The molecule has 0 saturated carbocycles. The third kappa shape index (κ3) is 2.89. The van der Waals surface area contributed by atoms with Crippen LogP contribution in [0.4, 0.5) is 32.0 Å². The van der Waals surface area contributed by atoms with Gasteiger partial charge in [-0.25, -0.2) is 4.39 Å². The van der Waals surface area contributed by atoms with E-state index in [1.807, 2.05) is 0 Å². The number of hydrogen-bond acceptors (Lipinski definition) is 1. The van der Waals surface area contributed by atoms with Crippen LogP contribution in [0.3, 0.4) is 0 Å². The lowest BCUT2D eigenvalue weighted by molar-refractivity contribution is -0.282. The van der Waals surface area contributed by atoms with Crippen molar-refractivity contribution in [3.05, 3.63) is 27.2 Å². The van der Waals surface area contributed by atoms with Gasteiger partial charge in [-0.3, -0.25) is 0 Å². The number of rotatable bonds is 3. The summed E-state index contributed by atoms with van der Waals surface area (Å²) in [6.45, 7) is 0. The molecule has 0 aromatic heterocycles. The Morgan fingerprint density at radius 1 is 1.10 bits per heavy atom. The summed E-state index contributed by atoms with van der Waals surface area (Å²) in [5, 5.41) is 2.20. The Labute approximate surface area is 131 Å². The first-order valence-corrected chi connectivity index (χ1v) is 6.82. The minimum absolute atomic E-state index is 0.0782. The molecule has 1 rings (SSSR count). The molecule has 1 unspecified atom stereocenters. The molecule has 1 aromatic rings. The van der Waals surface area contributed by atoms with Crippen molar-refractivity contribution in [2.24, 2.45) is 0 Å². The Morgan fingerprint density at radius 3 is 1.90 bits per heavy atom. The van der Waals surface area contributed by atoms with Gasteiger partial charge in [0.1, 0.15) is 0 Å². The van der Waals surface area contributed by atoms with Crippen LogP contribution in [-0.4, -0.2) is 18.1 Å². The number of anilines is 1. The number of hydrogen-bond donors (Lipinski definition) is 1. The van der Waals surface area contributed by atoms with Crippen LogP contribution in [0.5, 0.6) is 0 Å². The molecule has 0 aliphatic carbocycles. The normalized spacial score (nSPS) is 15.9. The zero-order valence-electron chi connectivity index (χ0n) is 9.56. The van der Waals surface area contributed by atoms with Gasteiger partial charge in [0.2, 0.25) is 0 Å². The van der Waals surface area contributed by atoms with Crippen molar-refractivity contribution in [3.63, 3.8) is 0 Å². The maximum atomic E-state index is 14.1. The number of alkyl halides is 7. The SMILES string of the molecule is CNc1c(Cl)cc(C(F)(C(F)(F)F)C(F)(F)Br)cc1Br. The molecule has 1 atom stereocenters. The van der Waals surface area contributed by atoms with Crippen molar-refractivity contribution < 1.29 is 26.3 Å². The number of halogens is 9. The van der Waals surface area contributed by atoms with Crippen molar-refractivity contribution >= 4 is 49.1 Å². The van der Waals surface area contributed by atoms with Crippen LogP contribution < -0.4 is 5.32 Å². The first-order valence-electron chi connectivity index (χ1n) is 4.86. The Balaban J connectivity index is 3.61. The van der Waals surface area contributed by atoms with E-state index in [4.69, 9.17) is 11.6 Å². The van der Waals surface area contributed by atoms with E-state index in [0.717, 1.165) is 0 Å². The minimum Gasteiger partial charge on any atom is -0.386 e. The summed E-state index contributed by atoms with van der Waals surface area (Å²) in [6, 6.07) is 1.10. The fourth-order valence-corrected chi connectivity index (χ4v) is 3.04. The van der Waals surface area contributed by atoms with Crippen LogP contribution in [-0.2, 0) is 5.67 Å². The van der Waals surface area contributed by atoms with Crippen molar-refractivity contribution in [2.45, 2.75) is 16.7 Å². The third-order valence-corrected chi connectivity index (χ3v) is 3.94. The molecule has 0 bridgehead atoms. The summed E-state index contributed by atoms with van der Waals surface area (Å²) in [4.78, 5) is -4.86. The molecule has 1 N–H and O–H groups in total. The van der Waals surface area contributed by atoms with E-state index in [0.29, 0.717) is 12.1 Å². The summed E-state index contributed by atoms with van der Waals surface area (Å²) in [6.07, 6.45) is -5.84. The average Bonchev–Trinajstić information content (AvgIpc) is 2.24. The van der Waals surface area contributed by atoms with Crippen LogP contribution in [0, 0.1) is 0 Å². The molecule has 10 heteroatoms. The highest BCUT2D eigenvalue weighted by molar-refractivity contribution is 9.10. The molecule has 20 heavy (non-hydrogen) atoms. The predicted molar refractivity (Wildman–Crippen MR) is 71.4 cm³/mol. The van der Waals surface area contributed by atoms with E-state index in [2.05, 4.69) is 21.2 Å². The van der Waals surface area contributed by atoms with Crippen LogP contribution >= 0.6 is 43.5 Å². The molecule has 114 valence electrons. The standard InChI is InChI=1S/C10H6Br2ClF6N/c1-20-7-5(11)2-4(3-6(7)13)8(14,9(12,15)16)10(17,18)19/h2-3,20H,1H3. The Morgan fingerprint density at radius 2 is 1.60 bits per heavy atom. The molecule has 0 saturated heterocycles. The van der Waals surface area contributed by atoms with Gasteiger partial charge < -0.3 is 5.32 Å². The Bertz CT molecular complexity index is 476. The van der Waals surface area contributed by atoms with E-state index in [-0.39, 0.29) is 15.2 Å². The third-order valence-electron chi connectivity index (χ3n) is 2.47. The van der Waals surface area contributed by atoms with Crippen LogP contribution in [0.15, 0.2) is 16.6 Å². The minimum atomic E-state index is -5.84. The second-order valence-electron chi connectivity index (χ2n) is 3.72. The maximum Gasteiger partial charge on any atom is 0.433 e. The van der Waals surface area contributed by atoms with Crippen molar-refractivity contribution in [1.82, 2.24) is 0 Å². The van der Waals surface area contributed by atoms with E-state index >= 15 is 0 Å². The first kappa shape index (κ1) is 17.9. The predicted octanol–water partition coefficient (Wildman–Crippen LogP) is 5.86. The van der Waals surface area contributed by atoms with Crippen LogP contribution in [0.25, 0.3) is 0 Å². The molecular weight excluding hydrogens is 443 g/mol. The van der Waals surface area contributed by atoms with Crippen molar-refractivity contribution in [1.29, 1.82) is 0 Å². The van der Waals surface area contributed by atoms with E-state index in [1.54, 1.807) is 0 Å². The smallest absolute Gasteiger partial charge is 0.386 e. The Kier molecular flexibility index (Phi) is 4.98. The summed E-state index contributed by atoms with van der Waals surface area (Å²) in [7, 11) is 1.41. The molecule has 0 fully saturated rings. The summed E-state index contributed by atoms with van der Waals surface area (Å²) >= 11 is 9.95. The monoisotopic (exact) mass is 447 g/mol. The molecule has 0 radical (unpaired) electrons. The molecule has 0 aliphatic rings. The quantitative estimate of drug-likeness (QED) is 0.450. The van der Waals surface area contributed by atoms with Crippen LogP contribution in [0.2, 0.25) is 5.02 Å². The fraction of sp³-hybridized carbons (Fsp3) is 0.400. The molecule has 1 nitrogen and oxygen atoms in total. The molecule has 0 amide bonds. The van der Waals surface area contributed by atoms with Gasteiger partial charge in [-0.05, 0) is 44.0 Å². The summed E-state index contributed by atoms with van der Waals surface area (Å²) < 4.78 is 78.6. The maximum absolute atomic E-state index is 14.1. The lowest BCUT2D eigenvalue weighted by Gasteiger charge is -2.32. The van der Waals surface area contributed by atoms with Gasteiger partial charge in [-0.2, -0.15) is 22.0 Å². The molecule has 1 aromatic carbocycles. The summed E-state index contributed by atoms with van der Waals surface area (Å²) in [5.41, 5.74) is -6.08. The first-order chi connectivity index (χ1) is 8.86. The zero-order chi connectivity index (χ0) is 15.9. The molecular formula is C10H6Br2ClF6N. The van der Waals surface area contributed by atoms with Gasteiger partial charge in [-0.1, -0.05) is 11.6 Å². The number of benzene rings is 1. The molecule has 0 spiro atoms. The van der Waals surface area contributed by atoms with Gasteiger partial charge >= 0.3 is 16.7 Å². The fourth-order valence-electron chi connectivity index (χ4n) is 1.50. The number of nitrogens with one attached hydrogen (secondary N) is 1.